The molecule has 5 nitrogen and oxygen atoms in total. The molecule has 1 amide bonds. The number of amides is 1. The zero-order valence-electron chi connectivity index (χ0n) is 16.1. The van der Waals surface area contributed by atoms with Gasteiger partial charge in [-0.2, -0.15) is 0 Å². The van der Waals surface area contributed by atoms with Gasteiger partial charge in [-0.1, -0.05) is 36.3 Å². The average Bonchev–Trinajstić information content (AvgIpc) is 3.05. The Morgan fingerprint density at radius 3 is 2.56 bits per heavy atom. The lowest BCUT2D eigenvalue weighted by Crippen LogP contribution is -2.16. The van der Waals surface area contributed by atoms with Crippen molar-refractivity contribution in [1.82, 2.24) is 5.16 Å². The van der Waals surface area contributed by atoms with E-state index in [9.17, 15) is 4.79 Å². The van der Waals surface area contributed by atoms with Gasteiger partial charge in [0.05, 0.1) is 5.56 Å². The maximum absolute atomic E-state index is 12.7. The lowest BCUT2D eigenvalue weighted by molar-refractivity contribution is 0.101. The molecule has 3 aromatic rings. The molecule has 140 valence electrons. The minimum Gasteiger partial charge on any atom is -0.489 e. The number of aryl methyl sites for hydroxylation is 3. The summed E-state index contributed by atoms with van der Waals surface area (Å²) in [5.41, 5.74) is 5.05. The summed E-state index contributed by atoms with van der Waals surface area (Å²) in [6, 6.07) is 13.7. The fourth-order valence-corrected chi connectivity index (χ4v) is 2.78. The van der Waals surface area contributed by atoms with Crippen molar-refractivity contribution in [2.75, 3.05) is 5.32 Å². The van der Waals surface area contributed by atoms with Crippen molar-refractivity contribution < 1.29 is 14.1 Å². The smallest absolute Gasteiger partial charge is 0.278 e. The van der Waals surface area contributed by atoms with Gasteiger partial charge in [0, 0.05) is 5.69 Å². The summed E-state index contributed by atoms with van der Waals surface area (Å²) in [5.74, 6) is 1.01. The van der Waals surface area contributed by atoms with Gasteiger partial charge in [0.1, 0.15) is 18.1 Å². The Morgan fingerprint density at radius 1 is 1.11 bits per heavy atom. The Morgan fingerprint density at radius 2 is 1.85 bits per heavy atom. The first kappa shape index (κ1) is 18.7. The van der Waals surface area contributed by atoms with Crippen LogP contribution in [0, 0.1) is 20.8 Å². The molecule has 0 aliphatic heterocycles. The highest BCUT2D eigenvalue weighted by atomic mass is 16.5. The average molecular weight is 364 g/mol. The molecule has 5 heteroatoms. The monoisotopic (exact) mass is 364 g/mol. The minimum absolute atomic E-state index is 0.219. The standard InChI is InChI=1S/C22H24N2O3/c1-5-17-9-11-18(12-10-17)26-13-19-16(4)27-24-21(19)22(25)23-20-8-6-7-14(2)15(20)3/h6-12H,5,13H2,1-4H3,(H,23,25). The van der Waals surface area contributed by atoms with E-state index in [0.717, 1.165) is 29.0 Å². The van der Waals surface area contributed by atoms with E-state index in [-0.39, 0.29) is 18.2 Å². The van der Waals surface area contributed by atoms with E-state index in [1.54, 1.807) is 6.92 Å². The van der Waals surface area contributed by atoms with Gasteiger partial charge in [-0.15, -0.1) is 0 Å². The zero-order valence-corrected chi connectivity index (χ0v) is 16.1. The van der Waals surface area contributed by atoms with Crippen molar-refractivity contribution in [1.29, 1.82) is 0 Å². The van der Waals surface area contributed by atoms with Crippen molar-refractivity contribution >= 4 is 11.6 Å². The van der Waals surface area contributed by atoms with Crippen molar-refractivity contribution in [3.05, 3.63) is 76.2 Å². The quantitative estimate of drug-likeness (QED) is 0.669. The summed E-state index contributed by atoms with van der Waals surface area (Å²) in [7, 11) is 0. The molecule has 0 bridgehead atoms. The van der Waals surface area contributed by atoms with Crippen molar-refractivity contribution in [3.63, 3.8) is 0 Å². The molecule has 27 heavy (non-hydrogen) atoms. The molecule has 0 saturated heterocycles. The first-order valence-corrected chi connectivity index (χ1v) is 9.04. The number of nitrogens with zero attached hydrogens (tertiary/aromatic N) is 1. The van der Waals surface area contributed by atoms with Crippen LogP contribution < -0.4 is 10.1 Å². The number of rotatable bonds is 6. The highest BCUT2D eigenvalue weighted by Crippen LogP contribution is 2.22. The summed E-state index contributed by atoms with van der Waals surface area (Å²) >= 11 is 0. The minimum atomic E-state index is -0.305. The molecular formula is C22H24N2O3. The van der Waals surface area contributed by atoms with Crippen LogP contribution in [0.5, 0.6) is 5.75 Å². The Bertz CT molecular complexity index is 943. The van der Waals surface area contributed by atoms with E-state index in [0.29, 0.717) is 11.3 Å². The lowest BCUT2D eigenvalue weighted by atomic mass is 10.1. The molecule has 0 saturated carbocycles. The van der Waals surface area contributed by atoms with Gasteiger partial charge in [-0.3, -0.25) is 4.79 Å². The second kappa shape index (κ2) is 8.08. The van der Waals surface area contributed by atoms with Gasteiger partial charge in [-0.05, 0) is 62.1 Å². The maximum Gasteiger partial charge on any atom is 0.278 e. The molecule has 3 rings (SSSR count). The van der Waals surface area contributed by atoms with Crippen LogP contribution in [0.3, 0.4) is 0 Å². The molecule has 0 aliphatic carbocycles. The van der Waals surface area contributed by atoms with Gasteiger partial charge < -0.3 is 14.6 Å². The molecule has 0 spiro atoms. The van der Waals surface area contributed by atoms with E-state index in [1.165, 1.54) is 5.56 Å². The number of ether oxygens (including phenoxy) is 1. The third kappa shape index (κ3) is 4.19. The fourth-order valence-electron chi connectivity index (χ4n) is 2.78. The van der Waals surface area contributed by atoms with E-state index in [1.807, 2.05) is 56.3 Å². The van der Waals surface area contributed by atoms with Gasteiger partial charge in [0.15, 0.2) is 5.69 Å². The van der Waals surface area contributed by atoms with Crippen LogP contribution in [0.2, 0.25) is 0 Å². The second-order valence-electron chi connectivity index (χ2n) is 6.55. The summed E-state index contributed by atoms with van der Waals surface area (Å²) in [4.78, 5) is 12.7. The zero-order chi connectivity index (χ0) is 19.4. The Labute approximate surface area is 159 Å². The van der Waals surface area contributed by atoms with Crippen LogP contribution in [0.1, 0.15) is 45.4 Å². The van der Waals surface area contributed by atoms with E-state index >= 15 is 0 Å². The molecule has 1 aromatic heterocycles. The molecule has 0 aliphatic rings. The number of benzene rings is 2. The molecule has 0 radical (unpaired) electrons. The second-order valence-corrected chi connectivity index (χ2v) is 6.55. The van der Waals surface area contributed by atoms with Gasteiger partial charge in [0.2, 0.25) is 0 Å². The molecule has 0 atom stereocenters. The number of carbonyl (C=O) groups excluding carboxylic acids is 1. The van der Waals surface area contributed by atoms with Crippen LogP contribution in [-0.2, 0) is 13.0 Å². The van der Waals surface area contributed by atoms with Crippen LogP contribution in [-0.4, -0.2) is 11.1 Å². The summed E-state index contributed by atoms with van der Waals surface area (Å²) < 4.78 is 11.1. The molecule has 0 fully saturated rings. The lowest BCUT2D eigenvalue weighted by Gasteiger charge is -2.10. The number of nitrogens with one attached hydrogen (secondary N) is 1. The Balaban J connectivity index is 1.75. The molecule has 1 N–H and O–H groups in total. The van der Waals surface area contributed by atoms with Crippen LogP contribution in [0.4, 0.5) is 5.69 Å². The van der Waals surface area contributed by atoms with Gasteiger partial charge >= 0.3 is 0 Å². The third-order valence-corrected chi connectivity index (χ3v) is 4.77. The predicted molar refractivity (Wildman–Crippen MR) is 105 cm³/mol. The highest BCUT2D eigenvalue weighted by Gasteiger charge is 2.21. The normalized spacial score (nSPS) is 10.7. The molecule has 0 unspecified atom stereocenters. The Kier molecular flexibility index (Phi) is 5.60. The van der Waals surface area contributed by atoms with Crippen molar-refractivity contribution in [2.24, 2.45) is 0 Å². The molecule has 2 aromatic carbocycles. The van der Waals surface area contributed by atoms with Crippen LogP contribution >= 0.6 is 0 Å². The van der Waals surface area contributed by atoms with Gasteiger partial charge in [0.25, 0.3) is 5.91 Å². The number of anilines is 1. The summed E-state index contributed by atoms with van der Waals surface area (Å²) in [6.07, 6.45) is 0.980. The first-order valence-electron chi connectivity index (χ1n) is 9.04. The molecule has 1 heterocycles. The number of aromatic nitrogens is 1. The number of hydrogen-bond donors (Lipinski definition) is 1. The Hall–Kier alpha value is -3.08. The van der Waals surface area contributed by atoms with Crippen LogP contribution in [0.15, 0.2) is 47.0 Å². The van der Waals surface area contributed by atoms with E-state index < -0.39 is 0 Å². The van der Waals surface area contributed by atoms with Crippen molar-refractivity contribution in [3.8, 4) is 5.75 Å². The topological polar surface area (TPSA) is 64.4 Å². The largest absolute Gasteiger partial charge is 0.489 e. The summed E-state index contributed by atoms with van der Waals surface area (Å²) in [6.45, 7) is 8.09. The van der Waals surface area contributed by atoms with Crippen LogP contribution in [0.25, 0.3) is 0 Å². The third-order valence-electron chi connectivity index (χ3n) is 4.77. The number of hydrogen-bond acceptors (Lipinski definition) is 4. The summed E-state index contributed by atoms with van der Waals surface area (Å²) in [5, 5.41) is 6.85. The van der Waals surface area contributed by atoms with Crippen molar-refractivity contribution in [2.45, 2.75) is 40.7 Å². The fraction of sp³-hybridized carbons (Fsp3) is 0.273. The maximum atomic E-state index is 12.7. The molecular weight excluding hydrogens is 340 g/mol. The first-order chi connectivity index (χ1) is 13.0. The predicted octanol–water partition coefficient (Wildman–Crippen LogP) is 4.99. The van der Waals surface area contributed by atoms with Gasteiger partial charge in [-0.25, -0.2) is 0 Å². The van der Waals surface area contributed by atoms with E-state index in [4.69, 9.17) is 9.26 Å². The SMILES string of the molecule is CCc1ccc(OCc2c(C(=O)Nc3cccc(C)c3C)noc2C)cc1. The van der Waals surface area contributed by atoms with E-state index in [2.05, 4.69) is 17.4 Å². The number of carbonyl (C=O) groups is 1. The highest BCUT2D eigenvalue weighted by molar-refractivity contribution is 6.04.